The number of fused-ring (bicyclic) bond motifs is 1. The summed E-state index contributed by atoms with van der Waals surface area (Å²) in [6, 6.07) is 7.53. The van der Waals surface area contributed by atoms with Crippen molar-refractivity contribution >= 4 is 43.0 Å². The van der Waals surface area contributed by atoms with Crippen molar-refractivity contribution in [2.24, 2.45) is 0 Å². The summed E-state index contributed by atoms with van der Waals surface area (Å²) in [4.78, 5) is 39.1. The normalized spacial score (nSPS) is 11.6. The van der Waals surface area contributed by atoms with Crippen LogP contribution in [0.5, 0.6) is 0 Å². The van der Waals surface area contributed by atoms with E-state index in [0.717, 1.165) is 10.8 Å². The molecule has 1 aromatic carbocycles. The molecule has 0 saturated carbocycles. The largest absolute Gasteiger partial charge is 0.328 e. The molecule has 0 aliphatic heterocycles. The number of hydrogen-bond donors (Lipinski definition) is 2. The minimum atomic E-state index is -3.29. The second-order valence-corrected chi connectivity index (χ2v) is 8.93. The van der Waals surface area contributed by atoms with E-state index in [4.69, 9.17) is 0 Å². The molecular weight excluding hydrogens is 390 g/mol. The molecule has 2 N–H and O–H groups in total. The first-order chi connectivity index (χ1) is 12.8. The topological polar surface area (TPSA) is 118 Å². The van der Waals surface area contributed by atoms with Gasteiger partial charge in [0.25, 0.3) is 5.56 Å². The van der Waals surface area contributed by atoms with Crippen LogP contribution in [-0.4, -0.2) is 30.1 Å². The SMILES string of the molecule is CS(=O)(=O)c1ccc(NC(=O)CCCn2c(=O)[nH]c3ccsc3c2=O)cc1. The Labute approximate surface area is 158 Å². The zero-order valence-corrected chi connectivity index (χ0v) is 16.0. The van der Waals surface area contributed by atoms with Crippen LogP contribution < -0.4 is 16.6 Å². The van der Waals surface area contributed by atoms with Crippen LogP contribution in [0.1, 0.15) is 12.8 Å². The van der Waals surface area contributed by atoms with Crippen LogP contribution in [0.15, 0.2) is 50.2 Å². The van der Waals surface area contributed by atoms with Crippen molar-refractivity contribution in [3.8, 4) is 0 Å². The van der Waals surface area contributed by atoms with Gasteiger partial charge in [-0.05, 0) is 42.1 Å². The van der Waals surface area contributed by atoms with Crippen molar-refractivity contribution in [1.29, 1.82) is 0 Å². The number of rotatable bonds is 6. The van der Waals surface area contributed by atoms with Crippen LogP contribution in [0.25, 0.3) is 10.2 Å². The highest BCUT2D eigenvalue weighted by molar-refractivity contribution is 7.90. The number of nitrogens with one attached hydrogen (secondary N) is 2. The van der Waals surface area contributed by atoms with Crippen LogP contribution in [0.3, 0.4) is 0 Å². The summed E-state index contributed by atoms with van der Waals surface area (Å²) in [5.74, 6) is -0.288. The van der Waals surface area contributed by atoms with Gasteiger partial charge in [-0.25, -0.2) is 13.2 Å². The van der Waals surface area contributed by atoms with Crippen LogP contribution in [-0.2, 0) is 21.2 Å². The molecular formula is C17H17N3O5S2. The average Bonchev–Trinajstić information content (AvgIpc) is 3.06. The third-order valence-electron chi connectivity index (χ3n) is 3.94. The van der Waals surface area contributed by atoms with Gasteiger partial charge in [0.2, 0.25) is 5.91 Å². The zero-order chi connectivity index (χ0) is 19.6. The number of H-pyrrole nitrogens is 1. The van der Waals surface area contributed by atoms with Crippen molar-refractivity contribution < 1.29 is 13.2 Å². The van der Waals surface area contributed by atoms with E-state index in [1.165, 1.54) is 35.6 Å². The molecule has 2 heterocycles. The molecule has 0 aliphatic rings. The molecule has 0 aliphatic carbocycles. The Balaban J connectivity index is 1.60. The van der Waals surface area contributed by atoms with Crippen molar-refractivity contribution in [1.82, 2.24) is 9.55 Å². The van der Waals surface area contributed by atoms with E-state index in [9.17, 15) is 22.8 Å². The van der Waals surface area contributed by atoms with Crippen molar-refractivity contribution in [2.75, 3.05) is 11.6 Å². The first-order valence-electron chi connectivity index (χ1n) is 8.06. The van der Waals surface area contributed by atoms with Gasteiger partial charge < -0.3 is 10.3 Å². The van der Waals surface area contributed by atoms with E-state index < -0.39 is 15.5 Å². The molecule has 0 radical (unpaired) electrons. The van der Waals surface area contributed by atoms with Crippen molar-refractivity contribution in [2.45, 2.75) is 24.3 Å². The molecule has 0 unspecified atom stereocenters. The highest BCUT2D eigenvalue weighted by Gasteiger charge is 2.10. The molecule has 142 valence electrons. The van der Waals surface area contributed by atoms with Gasteiger partial charge >= 0.3 is 5.69 Å². The number of benzene rings is 1. The monoisotopic (exact) mass is 407 g/mol. The Morgan fingerprint density at radius 3 is 2.56 bits per heavy atom. The van der Waals surface area contributed by atoms with Crippen LogP contribution in [0, 0.1) is 0 Å². The summed E-state index contributed by atoms with van der Waals surface area (Å²) >= 11 is 1.26. The van der Waals surface area contributed by atoms with E-state index in [1.807, 2.05) is 0 Å². The van der Waals surface area contributed by atoms with Gasteiger partial charge in [-0.1, -0.05) is 0 Å². The zero-order valence-electron chi connectivity index (χ0n) is 14.4. The molecule has 0 bridgehead atoms. The second-order valence-electron chi connectivity index (χ2n) is 6.00. The maximum atomic E-state index is 12.3. The maximum Gasteiger partial charge on any atom is 0.328 e. The Bertz CT molecular complexity index is 1200. The maximum absolute atomic E-state index is 12.3. The molecule has 0 spiro atoms. The first-order valence-corrected chi connectivity index (χ1v) is 10.8. The Hall–Kier alpha value is -2.72. The van der Waals surface area contributed by atoms with Gasteiger partial charge in [0, 0.05) is 24.9 Å². The molecule has 3 rings (SSSR count). The fraction of sp³-hybridized carbons (Fsp3) is 0.235. The molecule has 0 fully saturated rings. The lowest BCUT2D eigenvalue weighted by Gasteiger charge is -2.07. The third kappa shape index (κ3) is 4.34. The number of sulfone groups is 1. The van der Waals surface area contributed by atoms with Crippen molar-refractivity contribution in [3.05, 3.63) is 56.5 Å². The van der Waals surface area contributed by atoms with Crippen LogP contribution in [0.4, 0.5) is 5.69 Å². The number of anilines is 1. The number of aromatic amines is 1. The minimum Gasteiger partial charge on any atom is -0.326 e. The average molecular weight is 407 g/mol. The lowest BCUT2D eigenvalue weighted by atomic mass is 10.2. The fourth-order valence-electron chi connectivity index (χ4n) is 2.58. The summed E-state index contributed by atoms with van der Waals surface area (Å²) in [6.07, 6.45) is 1.53. The van der Waals surface area contributed by atoms with E-state index in [2.05, 4.69) is 10.3 Å². The van der Waals surface area contributed by atoms with Gasteiger partial charge in [-0.15, -0.1) is 11.3 Å². The predicted molar refractivity (Wildman–Crippen MR) is 104 cm³/mol. The Morgan fingerprint density at radius 2 is 1.89 bits per heavy atom. The van der Waals surface area contributed by atoms with Crippen molar-refractivity contribution in [3.63, 3.8) is 0 Å². The highest BCUT2D eigenvalue weighted by atomic mass is 32.2. The molecule has 3 aromatic rings. The summed E-state index contributed by atoms with van der Waals surface area (Å²) < 4.78 is 24.4. The smallest absolute Gasteiger partial charge is 0.326 e. The van der Waals surface area contributed by atoms with E-state index in [1.54, 1.807) is 11.4 Å². The van der Waals surface area contributed by atoms with Gasteiger partial charge in [-0.3, -0.25) is 14.2 Å². The summed E-state index contributed by atoms with van der Waals surface area (Å²) in [7, 11) is -3.29. The number of carbonyl (C=O) groups excluding carboxylic acids is 1. The van der Waals surface area contributed by atoms with E-state index in [0.29, 0.717) is 22.3 Å². The number of aromatic nitrogens is 2. The Morgan fingerprint density at radius 1 is 1.19 bits per heavy atom. The van der Waals surface area contributed by atoms with E-state index in [-0.39, 0.29) is 29.3 Å². The molecule has 2 aromatic heterocycles. The molecule has 27 heavy (non-hydrogen) atoms. The van der Waals surface area contributed by atoms with Crippen LogP contribution in [0.2, 0.25) is 0 Å². The predicted octanol–water partition coefficient (Wildman–Crippen LogP) is 1.57. The molecule has 10 heteroatoms. The number of hydrogen-bond acceptors (Lipinski definition) is 6. The van der Waals surface area contributed by atoms with E-state index >= 15 is 0 Å². The lowest BCUT2D eigenvalue weighted by molar-refractivity contribution is -0.116. The lowest BCUT2D eigenvalue weighted by Crippen LogP contribution is -2.34. The molecule has 8 nitrogen and oxygen atoms in total. The fourth-order valence-corrected chi connectivity index (χ4v) is 4.01. The Kier molecular flexibility index (Phi) is 5.29. The molecule has 1 amide bonds. The minimum absolute atomic E-state index is 0.113. The number of amides is 1. The standard InChI is InChI=1S/C17H17N3O5S2/c1-27(24,25)12-6-4-11(5-7-12)18-14(21)3-2-9-20-16(22)15-13(8-10-26-15)19-17(20)23/h4-8,10H,2-3,9H2,1H3,(H,18,21)(H,19,23). The number of thiophene rings is 1. The number of carbonyl (C=O) groups is 1. The first kappa shape index (κ1) is 19.1. The quantitative estimate of drug-likeness (QED) is 0.643. The van der Waals surface area contributed by atoms with Gasteiger partial charge in [0.15, 0.2) is 9.84 Å². The highest BCUT2D eigenvalue weighted by Crippen LogP contribution is 2.14. The van der Waals surface area contributed by atoms with Crippen LogP contribution >= 0.6 is 11.3 Å². The van der Waals surface area contributed by atoms with Gasteiger partial charge in [0.1, 0.15) is 4.70 Å². The van der Waals surface area contributed by atoms with Gasteiger partial charge in [-0.2, -0.15) is 0 Å². The summed E-state index contributed by atoms with van der Waals surface area (Å²) in [5.41, 5.74) is 0.132. The number of nitrogens with zero attached hydrogens (tertiary/aromatic N) is 1. The second kappa shape index (κ2) is 7.49. The summed E-state index contributed by atoms with van der Waals surface area (Å²) in [5, 5.41) is 4.39. The van der Waals surface area contributed by atoms with Gasteiger partial charge in [0.05, 0.1) is 10.4 Å². The molecule has 0 atom stereocenters. The summed E-state index contributed by atoms with van der Waals surface area (Å²) in [6.45, 7) is 0.127. The molecule has 0 saturated heterocycles. The third-order valence-corrected chi connectivity index (χ3v) is 5.97.